The molecule has 2 aromatic rings. The fourth-order valence-electron chi connectivity index (χ4n) is 4.33. The van der Waals surface area contributed by atoms with Crippen molar-refractivity contribution in [2.24, 2.45) is 0 Å². The molecule has 6 nitrogen and oxygen atoms in total. The average molecular weight is 383 g/mol. The molecule has 0 aliphatic carbocycles. The van der Waals surface area contributed by atoms with Gasteiger partial charge >= 0.3 is 0 Å². The standard InChI is InChI=1S/C22H30N4O2/c1-16-9-11-19(12-10-16)28-17(2)22(27)25-13-6-7-18(15-25)21-24-23-20-8-4-3-5-14-26(20)21/h9-12,17-18H,3-8,13-15H2,1-2H3. The monoisotopic (exact) mass is 382 g/mol. The number of carbonyl (C=O) groups excluding carboxylic acids is 1. The van der Waals surface area contributed by atoms with E-state index >= 15 is 0 Å². The maximum Gasteiger partial charge on any atom is 0.263 e. The van der Waals surface area contributed by atoms with Gasteiger partial charge in [-0.15, -0.1) is 10.2 Å². The molecule has 0 bridgehead atoms. The van der Waals surface area contributed by atoms with E-state index in [4.69, 9.17) is 4.74 Å². The number of amides is 1. The van der Waals surface area contributed by atoms with E-state index in [0.717, 1.165) is 49.8 Å². The first-order chi connectivity index (χ1) is 13.6. The van der Waals surface area contributed by atoms with Gasteiger partial charge in [0, 0.05) is 32.0 Å². The van der Waals surface area contributed by atoms with E-state index in [0.29, 0.717) is 6.54 Å². The predicted octanol–water partition coefficient (Wildman–Crippen LogP) is 3.49. The number of piperidine rings is 1. The molecule has 1 amide bonds. The number of likely N-dealkylation sites (tertiary alicyclic amines) is 1. The highest BCUT2D eigenvalue weighted by atomic mass is 16.5. The van der Waals surface area contributed by atoms with Crippen molar-refractivity contribution in [3.8, 4) is 5.75 Å². The number of aryl methyl sites for hydroxylation is 2. The van der Waals surface area contributed by atoms with Crippen LogP contribution in [0.1, 0.15) is 62.2 Å². The number of nitrogens with zero attached hydrogens (tertiary/aromatic N) is 4. The molecule has 1 saturated heterocycles. The van der Waals surface area contributed by atoms with Gasteiger partial charge in [0.05, 0.1) is 0 Å². The zero-order chi connectivity index (χ0) is 19.5. The topological polar surface area (TPSA) is 60.2 Å². The summed E-state index contributed by atoms with van der Waals surface area (Å²) in [7, 11) is 0. The SMILES string of the molecule is Cc1ccc(OC(C)C(=O)N2CCCC(c3nnc4n3CCCCC4)C2)cc1. The van der Waals surface area contributed by atoms with Crippen LogP contribution in [0.4, 0.5) is 0 Å². The van der Waals surface area contributed by atoms with Crippen LogP contribution >= 0.6 is 0 Å². The molecule has 1 aromatic carbocycles. The molecule has 2 aliphatic heterocycles. The predicted molar refractivity (Wildman–Crippen MR) is 107 cm³/mol. The maximum atomic E-state index is 13.0. The Kier molecular flexibility index (Phi) is 5.64. The van der Waals surface area contributed by atoms with Crippen molar-refractivity contribution in [3.05, 3.63) is 41.5 Å². The lowest BCUT2D eigenvalue weighted by atomic mass is 9.96. The van der Waals surface area contributed by atoms with E-state index in [1.54, 1.807) is 0 Å². The van der Waals surface area contributed by atoms with Gasteiger partial charge in [-0.1, -0.05) is 24.1 Å². The highest BCUT2D eigenvalue weighted by Crippen LogP contribution is 2.28. The Morgan fingerprint density at radius 2 is 1.93 bits per heavy atom. The number of hydrogen-bond donors (Lipinski definition) is 0. The van der Waals surface area contributed by atoms with Crippen LogP contribution in [0.15, 0.2) is 24.3 Å². The molecular formula is C22H30N4O2. The van der Waals surface area contributed by atoms with E-state index < -0.39 is 6.10 Å². The molecule has 6 heteroatoms. The number of fused-ring (bicyclic) bond motifs is 1. The Morgan fingerprint density at radius 3 is 2.75 bits per heavy atom. The third-order valence-corrected chi connectivity index (χ3v) is 5.92. The van der Waals surface area contributed by atoms with Gasteiger partial charge in [0.25, 0.3) is 5.91 Å². The lowest BCUT2D eigenvalue weighted by molar-refractivity contribution is -0.139. The highest BCUT2D eigenvalue weighted by molar-refractivity contribution is 5.81. The first-order valence-corrected chi connectivity index (χ1v) is 10.6. The second-order valence-electron chi connectivity index (χ2n) is 8.13. The molecule has 150 valence electrons. The van der Waals surface area contributed by atoms with Crippen LogP contribution in [0, 0.1) is 6.92 Å². The number of rotatable bonds is 4. The van der Waals surface area contributed by atoms with Gasteiger partial charge in [0.1, 0.15) is 17.4 Å². The Balaban J connectivity index is 1.42. The number of hydrogen-bond acceptors (Lipinski definition) is 4. The fraction of sp³-hybridized carbons (Fsp3) is 0.591. The molecule has 3 heterocycles. The van der Waals surface area contributed by atoms with E-state index in [1.165, 1.54) is 24.8 Å². The Morgan fingerprint density at radius 1 is 1.11 bits per heavy atom. The zero-order valence-corrected chi connectivity index (χ0v) is 16.9. The summed E-state index contributed by atoms with van der Waals surface area (Å²) in [5.74, 6) is 3.25. The van der Waals surface area contributed by atoms with E-state index in [1.807, 2.05) is 43.0 Å². The van der Waals surface area contributed by atoms with Crippen molar-refractivity contribution in [1.82, 2.24) is 19.7 Å². The molecule has 28 heavy (non-hydrogen) atoms. The van der Waals surface area contributed by atoms with Crippen LogP contribution in [0.25, 0.3) is 0 Å². The number of carbonyl (C=O) groups is 1. The molecule has 1 aromatic heterocycles. The van der Waals surface area contributed by atoms with Gasteiger partial charge in [-0.3, -0.25) is 4.79 Å². The van der Waals surface area contributed by atoms with Crippen LogP contribution in [0.3, 0.4) is 0 Å². The quantitative estimate of drug-likeness (QED) is 0.812. The summed E-state index contributed by atoms with van der Waals surface area (Å²) in [4.78, 5) is 14.9. The highest BCUT2D eigenvalue weighted by Gasteiger charge is 2.31. The third-order valence-electron chi connectivity index (χ3n) is 5.92. The number of aromatic nitrogens is 3. The number of ether oxygens (including phenoxy) is 1. The molecular weight excluding hydrogens is 352 g/mol. The van der Waals surface area contributed by atoms with Crippen LogP contribution in [0.5, 0.6) is 5.75 Å². The van der Waals surface area contributed by atoms with Crippen molar-refractivity contribution in [1.29, 1.82) is 0 Å². The number of benzene rings is 1. The molecule has 1 fully saturated rings. The molecule has 0 saturated carbocycles. The molecule has 2 unspecified atom stereocenters. The zero-order valence-electron chi connectivity index (χ0n) is 16.9. The molecule has 2 atom stereocenters. The van der Waals surface area contributed by atoms with Crippen molar-refractivity contribution in [2.45, 2.75) is 70.9 Å². The fourth-order valence-corrected chi connectivity index (χ4v) is 4.33. The van der Waals surface area contributed by atoms with Gasteiger partial charge in [0.2, 0.25) is 0 Å². The Bertz CT molecular complexity index is 814. The Labute approximate surface area is 166 Å². The van der Waals surface area contributed by atoms with Crippen LogP contribution in [-0.4, -0.2) is 44.8 Å². The van der Waals surface area contributed by atoms with Gasteiger partial charge in [-0.2, -0.15) is 0 Å². The smallest absolute Gasteiger partial charge is 0.263 e. The van der Waals surface area contributed by atoms with E-state index in [-0.39, 0.29) is 11.8 Å². The second kappa shape index (κ2) is 8.33. The first kappa shape index (κ1) is 19.0. The van der Waals surface area contributed by atoms with Crippen LogP contribution in [0.2, 0.25) is 0 Å². The van der Waals surface area contributed by atoms with Gasteiger partial charge in [-0.05, 0) is 51.7 Å². The summed E-state index contributed by atoms with van der Waals surface area (Å²) in [5.41, 5.74) is 1.18. The molecule has 4 rings (SSSR count). The van der Waals surface area contributed by atoms with E-state index in [2.05, 4.69) is 14.8 Å². The van der Waals surface area contributed by atoms with Crippen LogP contribution < -0.4 is 4.74 Å². The largest absolute Gasteiger partial charge is 0.481 e. The van der Waals surface area contributed by atoms with Crippen molar-refractivity contribution >= 4 is 5.91 Å². The summed E-state index contributed by atoms with van der Waals surface area (Å²) in [6.45, 7) is 6.39. The third kappa shape index (κ3) is 4.05. The summed E-state index contributed by atoms with van der Waals surface area (Å²) < 4.78 is 8.21. The summed E-state index contributed by atoms with van der Waals surface area (Å²) in [6, 6.07) is 7.84. The second-order valence-corrected chi connectivity index (χ2v) is 8.13. The Hall–Kier alpha value is -2.37. The van der Waals surface area contributed by atoms with Gasteiger partial charge in [0.15, 0.2) is 6.10 Å². The molecule has 2 aliphatic rings. The lowest BCUT2D eigenvalue weighted by Crippen LogP contribution is -2.45. The summed E-state index contributed by atoms with van der Waals surface area (Å²) >= 11 is 0. The minimum Gasteiger partial charge on any atom is -0.481 e. The normalized spacial score (nSPS) is 20.9. The minimum atomic E-state index is -0.489. The lowest BCUT2D eigenvalue weighted by Gasteiger charge is -2.34. The van der Waals surface area contributed by atoms with Gasteiger partial charge in [-0.25, -0.2) is 0 Å². The molecule has 0 N–H and O–H groups in total. The average Bonchev–Trinajstić information content (AvgIpc) is 2.97. The first-order valence-electron chi connectivity index (χ1n) is 10.6. The summed E-state index contributed by atoms with van der Waals surface area (Å²) in [6.07, 6.45) is 6.23. The van der Waals surface area contributed by atoms with Crippen molar-refractivity contribution in [3.63, 3.8) is 0 Å². The summed E-state index contributed by atoms with van der Waals surface area (Å²) in [5, 5.41) is 8.97. The van der Waals surface area contributed by atoms with Crippen molar-refractivity contribution < 1.29 is 9.53 Å². The van der Waals surface area contributed by atoms with E-state index in [9.17, 15) is 4.79 Å². The maximum absolute atomic E-state index is 13.0. The van der Waals surface area contributed by atoms with Crippen LogP contribution in [-0.2, 0) is 17.8 Å². The molecule has 0 spiro atoms. The minimum absolute atomic E-state index is 0.0564. The molecule has 0 radical (unpaired) electrons. The van der Waals surface area contributed by atoms with Gasteiger partial charge < -0.3 is 14.2 Å². The van der Waals surface area contributed by atoms with Crippen molar-refractivity contribution in [2.75, 3.05) is 13.1 Å².